The zero-order valence-electron chi connectivity index (χ0n) is 8.00. The number of benzene rings is 1. The molecule has 0 unspecified atom stereocenters. The monoisotopic (exact) mass is 287 g/mol. The van der Waals surface area contributed by atoms with E-state index in [1.165, 1.54) is 0 Å². The normalized spacial score (nSPS) is 16.5. The molecule has 0 spiro atoms. The Morgan fingerprint density at radius 3 is 2.93 bits per heavy atom. The number of nitrogens with zero attached hydrogens (tertiary/aromatic N) is 1. The fourth-order valence-corrected chi connectivity index (χ4v) is 1.69. The second-order valence-electron chi connectivity index (χ2n) is 3.49. The molecule has 1 saturated carbocycles. The SMILES string of the molecule is NC(=NC1CC1)Nc1cc(Br)ccc1Cl. The third kappa shape index (κ3) is 3.11. The van der Waals surface area contributed by atoms with Gasteiger partial charge in [0.1, 0.15) is 0 Å². The van der Waals surface area contributed by atoms with Gasteiger partial charge in [-0.2, -0.15) is 0 Å². The van der Waals surface area contributed by atoms with Crippen molar-refractivity contribution >= 4 is 39.2 Å². The molecule has 0 aliphatic heterocycles. The van der Waals surface area contributed by atoms with Gasteiger partial charge >= 0.3 is 0 Å². The van der Waals surface area contributed by atoms with E-state index < -0.39 is 0 Å². The number of aliphatic imine (C=N–C) groups is 1. The number of halogens is 2. The summed E-state index contributed by atoms with van der Waals surface area (Å²) in [7, 11) is 0. The molecule has 0 amide bonds. The molecule has 5 heteroatoms. The second kappa shape index (κ2) is 4.41. The number of nitrogens with one attached hydrogen (secondary N) is 1. The van der Waals surface area contributed by atoms with Crippen LogP contribution >= 0.6 is 27.5 Å². The number of hydrogen-bond acceptors (Lipinski definition) is 1. The van der Waals surface area contributed by atoms with Crippen LogP contribution in [0.4, 0.5) is 5.69 Å². The van der Waals surface area contributed by atoms with Crippen molar-refractivity contribution in [3.05, 3.63) is 27.7 Å². The summed E-state index contributed by atoms with van der Waals surface area (Å²) in [4.78, 5) is 4.26. The molecule has 1 aromatic rings. The van der Waals surface area contributed by atoms with Crippen LogP contribution in [0.5, 0.6) is 0 Å². The molecular formula is C10H11BrClN3. The summed E-state index contributed by atoms with van der Waals surface area (Å²) in [6.07, 6.45) is 2.27. The Kier molecular flexibility index (Phi) is 3.17. The first kappa shape index (κ1) is 10.8. The highest BCUT2D eigenvalue weighted by atomic mass is 79.9. The van der Waals surface area contributed by atoms with E-state index in [0.29, 0.717) is 17.0 Å². The van der Waals surface area contributed by atoms with Gasteiger partial charge in [-0.15, -0.1) is 0 Å². The molecule has 3 nitrogen and oxygen atoms in total. The zero-order chi connectivity index (χ0) is 10.8. The van der Waals surface area contributed by atoms with Gasteiger partial charge in [-0.3, -0.25) is 0 Å². The molecule has 1 aliphatic rings. The van der Waals surface area contributed by atoms with Gasteiger partial charge in [-0.25, -0.2) is 4.99 Å². The second-order valence-corrected chi connectivity index (χ2v) is 4.82. The molecule has 1 fully saturated rings. The molecule has 0 heterocycles. The lowest BCUT2D eigenvalue weighted by atomic mass is 10.3. The minimum absolute atomic E-state index is 0.406. The lowest BCUT2D eigenvalue weighted by molar-refractivity contribution is 1.06. The summed E-state index contributed by atoms with van der Waals surface area (Å²) >= 11 is 9.37. The minimum Gasteiger partial charge on any atom is -0.370 e. The molecule has 0 saturated heterocycles. The third-order valence-electron chi connectivity index (χ3n) is 2.06. The van der Waals surface area contributed by atoms with Crippen LogP contribution < -0.4 is 11.1 Å². The molecule has 80 valence electrons. The average Bonchev–Trinajstić information content (AvgIpc) is 2.95. The first-order valence-corrected chi connectivity index (χ1v) is 5.87. The molecule has 1 aliphatic carbocycles. The van der Waals surface area contributed by atoms with E-state index in [1.54, 1.807) is 6.07 Å². The molecule has 0 radical (unpaired) electrons. The van der Waals surface area contributed by atoms with Gasteiger partial charge in [0.05, 0.1) is 16.8 Å². The van der Waals surface area contributed by atoms with Gasteiger partial charge in [-0.05, 0) is 31.0 Å². The van der Waals surface area contributed by atoms with Gasteiger partial charge < -0.3 is 11.1 Å². The average molecular weight is 289 g/mol. The van der Waals surface area contributed by atoms with Crippen molar-refractivity contribution in [3.8, 4) is 0 Å². The Morgan fingerprint density at radius 2 is 2.27 bits per heavy atom. The van der Waals surface area contributed by atoms with Crippen LogP contribution in [0.2, 0.25) is 5.02 Å². The smallest absolute Gasteiger partial charge is 0.193 e. The van der Waals surface area contributed by atoms with Crippen molar-refractivity contribution in [1.29, 1.82) is 0 Å². The molecular weight excluding hydrogens is 277 g/mol. The van der Waals surface area contributed by atoms with Crippen molar-refractivity contribution in [2.24, 2.45) is 10.7 Å². The minimum atomic E-state index is 0.406. The standard InChI is InChI=1S/C10H11BrClN3/c11-6-1-4-8(12)9(5-6)15-10(13)14-7-2-3-7/h1,4-5,7H,2-3H2,(H3,13,14,15). The van der Waals surface area contributed by atoms with E-state index in [9.17, 15) is 0 Å². The van der Waals surface area contributed by atoms with E-state index in [1.807, 2.05) is 12.1 Å². The van der Waals surface area contributed by atoms with Gasteiger partial charge in [0.15, 0.2) is 5.96 Å². The summed E-state index contributed by atoms with van der Waals surface area (Å²) in [6.45, 7) is 0. The molecule has 0 bridgehead atoms. The van der Waals surface area contributed by atoms with Crippen molar-refractivity contribution in [3.63, 3.8) is 0 Å². The first-order chi connectivity index (χ1) is 7.15. The van der Waals surface area contributed by atoms with E-state index in [2.05, 4.69) is 26.2 Å². The van der Waals surface area contributed by atoms with Gasteiger partial charge in [0, 0.05) is 4.47 Å². The molecule has 0 aromatic heterocycles. The number of anilines is 1. The largest absolute Gasteiger partial charge is 0.370 e. The van der Waals surface area contributed by atoms with Crippen LogP contribution in [0.25, 0.3) is 0 Å². The van der Waals surface area contributed by atoms with Crippen LogP contribution in [0.3, 0.4) is 0 Å². The highest BCUT2D eigenvalue weighted by Crippen LogP contribution is 2.26. The van der Waals surface area contributed by atoms with Gasteiger partial charge in [0.25, 0.3) is 0 Å². The van der Waals surface area contributed by atoms with Crippen LogP contribution in [-0.2, 0) is 0 Å². The van der Waals surface area contributed by atoms with Crippen LogP contribution in [-0.4, -0.2) is 12.0 Å². The maximum atomic E-state index is 6.00. The third-order valence-corrected chi connectivity index (χ3v) is 2.88. The van der Waals surface area contributed by atoms with E-state index in [-0.39, 0.29) is 0 Å². The fraction of sp³-hybridized carbons (Fsp3) is 0.300. The quantitative estimate of drug-likeness (QED) is 0.649. The number of rotatable bonds is 2. The fourth-order valence-electron chi connectivity index (χ4n) is 1.16. The molecule has 2 rings (SSSR count). The van der Waals surface area contributed by atoms with Gasteiger partial charge in [-0.1, -0.05) is 27.5 Å². The highest BCUT2D eigenvalue weighted by Gasteiger charge is 2.20. The van der Waals surface area contributed by atoms with Crippen molar-refractivity contribution < 1.29 is 0 Å². The Balaban J connectivity index is 2.11. The number of guanidine groups is 1. The summed E-state index contributed by atoms with van der Waals surface area (Å²) in [5, 5.41) is 3.62. The van der Waals surface area contributed by atoms with Gasteiger partial charge in [0.2, 0.25) is 0 Å². The highest BCUT2D eigenvalue weighted by molar-refractivity contribution is 9.10. The summed E-state index contributed by atoms with van der Waals surface area (Å²) in [5.41, 5.74) is 6.50. The predicted molar refractivity (Wildman–Crippen MR) is 67.4 cm³/mol. The predicted octanol–water partition coefficient (Wildman–Crippen LogP) is 2.99. The van der Waals surface area contributed by atoms with Crippen LogP contribution in [0.15, 0.2) is 27.7 Å². The van der Waals surface area contributed by atoms with Crippen LogP contribution in [0, 0.1) is 0 Å². The molecule has 1 aromatic carbocycles. The van der Waals surface area contributed by atoms with E-state index in [4.69, 9.17) is 17.3 Å². The first-order valence-electron chi connectivity index (χ1n) is 4.70. The maximum absolute atomic E-state index is 6.00. The van der Waals surface area contributed by atoms with Crippen LogP contribution in [0.1, 0.15) is 12.8 Å². The summed E-state index contributed by atoms with van der Waals surface area (Å²) in [6, 6.07) is 5.96. The Hall–Kier alpha value is -0.740. The van der Waals surface area contributed by atoms with Crippen molar-refractivity contribution in [2.45, 2.75) is 18.9 Å². The maximum Gasteiger partial charge on any atom is 0.193 e. The lowest BCUT2D eigenvalue weighted by Crippen LogP contribution is -2.23. The zero-order valence-corrected chi connectivity index (χ0v) is 10.3. The number of nitrogens with two attached hydrogens (primary N) is 1. The summed E-state index contributed by atoms with van der Waals surface area (Å²) < 4.78 is 0.952. The lowest BCUT2D eigenvalue weighted by Gasteiger charge is -2.07. The van der Waals surface area contributed by atoms with Crippen molar-refractivity contribution in [2.75, 3.05) is 5.32 Å². The Morgan fingerprint density at radius 1 is 1.53 bits per heavy atom. The van der Waals surface area contributed by atoms with Crippen molar-refractivity contribution in [1.82, 2.24) is 0 Å². The molecule has 3 N–H and O–H groups in total. The molecule has 0 atom stereocenters. The Bertz CT molecular complexity index is 402. The summed E-state index contributed by atoms with van der Waals surface area (Å²) in [5.74, 6) is 0.428. The van der Waals surface area contributed by atoms with E-state index in [0.717, 1.165) is 23.0 Å². The number of hydrogen-bond donors (Lipinski definition) is 2. The Labute approximate surface area is 102 Å². The molecule has 15 heavy (non-hydrogen) atoms. The topological polar surface area (TPSA) is 50.4 Å². The van der Waals surface area contributed by atoms with E-state index >= 15 is 0 Å².